The molecule has 1 heterocycles. The van der Waals surface area contributed by atoms with Crippen molar-refractivity contribution in [2.45, 2.75) is 70.7 Å². The Kier molecular flexibility index (Phi) is 13.9. The molecular weight excluding hydrogens is 692 g/mol. The number of piperidine rings is 1. The lowest BCUT2D eigenvalue weighted by Gasteiger charge is -2.38. The molecule has 0 aliphatic carbocycles. The lowest BCUT2D eigenvalue weighted by Crippen LogP contribution is -2.42. The summed E-state index contributed by atoms with van der Waals surface area (Å²) in [4.78, 5) is 38.9. The normalized spacial score (nSPS) is 14.3. The number of aliphatic hydroxyl groups is 1. The SMILES string of the molecule is CC(C)OC(=O)C(C)(C)Oc1ccc(C(=O)c2ccc(Cl)cc2)cc1.O=C(CCCN1CCC(O)(c2ccc(Cl)cc2)CC1)c1ccc(F)cc1. The number of likely N-dealkylation sites (tertiary alicyclic amines) is 1. The Morgan fingerprint density at radius 1 is 0.804 bits per heavy atom. The summed E-state index contributed by atoms with van der Waals surface area (Å²) in [5.74, 6) is -0.355. The van der Waals surface area contributed by atoms with E-state index in [1.807, 2.05) is 24.3 Å². The van der Waals surface area contributed by atoms with Crippen LogP contribution < -0.4 is 4.74 Å². The second-order valence-electron chi connectivity index (χ2n) is 13.3. The Labute approximate surface area is 309 Å². The zero-order valence-electron chi connectivity index (χ0n) is 29.3. The van der Waals surface area contributed by atoms with Crippen molar-refractivity contribution >= 4 is 40.7 Å². The molecule has 0 atom stereocenters. The van der Waals surface area contributed by atoms with E-state index in [0.717, 1.165) is 31.6 Å². The topological polar surface area (TPSA) is 93.1 Å². The van der Waals surface area contributed by atoms with Crippen LogP contribution in [0.15, 0.2) is 97.1 Å². The lowest BCUT2D eigenvalue weighted by atomic mass is 9.84. The number of benzene rings is 4. The van der Waals surface area contributed by atoms with Gasteiger partial charge in [0.05, 0.1) is 11.7 Å². The van der Waals surface area contributed by atoms with Crippen LogP contribution in [0.25, 0.3) is 0 Å². The summed E-state index contributed by atoms with van der Waals surface area (Å²) in [7, 11) is 0. The third-order valence-electron chi connectivity index (χ3n) is 8.54. The molecule has 51 heavy (non-hydrogen) atoms. The van der Waals surface area contributed by atoms with E-state index in [9.17, 15) is 23.9 Å². The molecule has 0 aromatic heterocycles. The summed E-state index contributed by atoms with van der Waals surface area (Å²) in [5, 5.41) is 12.1. The smallest absolute Gasteiger partial charge is 0.350 e. The Balaban J connectivity index is 0.000000229. The summed E-state index contributed by atoms with van der Waals surface area (Å²) in [6.45, 7) is 9.27. The molecule has 7 nitrogen and oxygen atoms in total. The second kappa shape index (κ2) is 17.9. The fourth-order valence-corrected chi connectivity index (χ4v) is 5.83. The van der Waals surface area contributed by atoms with Gasteiger partial charge in [0.1, 0.15) is 11.6 Å². The van der Waals surface area contributed by atoms with Crippen molar-refractivity contribution in [3.63, 3.8) is 0 Å². The van der Waals surface area contributed by atoms with E-state index in [4.69, 9.17) is 32.7 Å². The number of hydrogen-bond donors (Lipinski definition) is 1. The number of carbonyl (C=O) groups excluding carboxylic acids is 3. The Bertz CT molecular complexity index is 1750. The van der Waals surface area contributed by atoms with Gasteiger partial charge >= 0.3 is 5.97 Å². The van der Waals surface area contributed by atoms with Crippen LogP contribution in [0.3, 0.4) is 0 Å². The number of ether oxygens (including phenoxy) is 2. The summed E-state index contributed by atoms with van der Waals surface area (Å²) >= 11 is 11.8. The molecule has 5 rings (SSSR count). The molecule has 0 bridgehead atoms. The standard InChI is InChI=1S/C21H23ClFNO2.C20H21ClO4/c22-18-7-5-17(6-8-18)21(26)11-14-24(15-12-21)13-1-2-20(25)16-3-9-19(23)10-4-16;1-13(2)24-19(23)20(3,4)25-17-11-7-15(8-12-17)18(22)14-5-9-16(21)10-6-14/h3-10,26H,1-2,11-15H2;5-13H,1-4H3. The first-order chi connectivity index (χ1) is 24.1. The largest absolute Gasteiger partial charge is 0.476 e. The van der Waals surface area contributed by atoms with Crippen LogP contribution in [-0.2, 0) is 15.1 Å². The van der Waals surface area contributed by atoms with Crippen LogP contribution in [0.1, 0.15) is 85.2 Å². The average Bonchev–Trinajstić information content (AvgIpc) is 3.10. The zero-order chi connectivity index (χ0) is 37.2. The van der Waals surface area contributed by atoms with E-state index in [0.29, 0.717) is 51.7 Å². The van der Waals surface area contributed by atoms with Gasteiger partial charge in [-0.05, 0) is 144 Å². The number of nitrogens with zero attached hydrogens (tertiary/aromatic N) is 1. The van der Waals surface area contributed by atoms with Crippen molar-refractivity contribution in [3.05, 3.63) is 135 Å². The van der Waals surface area contributed by atoms with E-state index in [-0.39, 0.29) is 23.5 Å². The molecule has 1 aliphatic heterocycles. The molecule has 0 unspecified atom stereocenters. The van der Waals surface area contributed by atoms with Gasteiger partial charge in [0, 0.05) is 46.2 Å². The average molecular weight is 737 g/mol. The lowest BCUT2D eigenvalue weighted by molar-refractivity contribution is -0.163. The minimum atomic E-state index is -1.12. The predicted octanol–water partition coefficient (Wildman–Crippen LogP) is 9.11. The van der Waals surface area contributed by atoms with Gasteiger partial charge in [-0.15, -0.1) is 0 Å². The highest BCUT2D eigenvalue weighted by molar-refractivity contribution is 6.31. The Hall–Kier alpha value is -4.08. The minimum absolute atomic E-state index is 0.0414. The molecule has 1 fully saturated rings. The summed E-state index contributed by atoms with van der Waals surface area (Å²) < 4.78 is 23.8. The highest BCUT2D eigenvalue weighted by atomic mass is 35.5. The second-order valence-corrected chi connectivity index (χ2v) is 14.2. The van der Waals surface area contributed by atoms with E-state index >= 15 is 0 Å². The quantitative estimate of drug-likeness (QED) is 0.115. The number of ketones is 2. The fourth-order valence-electron chi connectivity index (χ4n) is 5.57. The first-order valence-electron chi connectivity index (χ1n) is 17.0. The maximum absolute atomic E-state index is 12.9. The molecule has 1 saturated heterocycles. The number of carbonyl (C=O) groups is 3. The van der Waals surface area contributed by atoms with Crippen molar-refractivity contribution in [2.24, 2.45) is 0 Å². The molecule has 0 radical (unpaired) electrons. The third-order valence-corrected chi connectivity index (χ3v) is 9.04. The molecule has 4 aromatic carbocycles. The molecule has 4 aromatic rings. The van der Waals surface area contributed by atoms with Gasteiger partial charge in [0.25, 0.3) is 0 Å². The monoisotopic (exact) mass is 735 g/mol. The third kappa shape index (κ3) is 11.7. The molecule has 1 aliphatic rings. The van der Waals surface area contributed by atoms with Crippen molar-refractivity contribution in [3.8, 4) is 5.75 Å². The van der Waals surface area contributed by atoms with Crippen molar-refractivity contribution in [1.82, 2.24) is 4.90 Å². The van der Waals surface area contributed by atoms with Gasteiger partial charge in [0.2, 0.25) is 0 Å². The first kappa shape index (κ1) is 39.7. The Morgan fingerprint density at radius 2 is 1.29 bits per heavy atom. The molecule has 1 N–H and O–H groups in total. The number of esters is 1. The predicted molar refractivity (Wildman–Crippen MR) is 198 cm³/mol. The molecule has 270 valence electrons. The van der Waals surface area contributed by atoms with E-state index in [1.165, 1.54) is 24.3 Å². The first-order valence-corrected chi connectivity index (χ1v) is 17.7. The van der Waals surface area contributed by atoms with Gasteiger partial charge < -0.3 is 19.5 Å². The molecular formula is C41H44Cl2FNO6. The highest BCUT2D eigenvalue weighted by Gasteiger charge is 2.34. The maximum Gasteiger partial charge on any atom is 0.350 e. The van der Waals surface area contributed by atoms with Crippen LogP contribution in [0.2, 0.25) is 10.0 Å². The van der Waals surface area contributed by atoms with Gasteiger partial charge in [-0.2, -0.15) is 0 Å². The highest BCUT2D eigenvalue weighted by Crippen LogP contribution is 2.33. The van der Waals surface area contributed by atoms with Crippen LogP contribution in [0, 0.1) is 5.82 Å². The molecule has 10 heteroatoms. The van der Waals surface area contributed by atoms with E-state index in [2.05, 4.69) is 4.90 Å². The van der Waals surface area contributed by atoms with Crippen molar-refractivity contribution in [1.29, 1.82) is 0 Å². The van der Waals surface area contributed by atoms with Crippen molar-refractivity contribution in [2.75, 3.05) is 19.6 Å². The number of rotatable bonds is 12. The molecule has 0 saturated carbocycles. The van der Waals surface area contributed by atoms with Crippen LogP contribution in [0.5, 0.6) is 5.75 Å². The maximum atomic E-state index is 12.9. The summed E-state index contributed by atoms with van der Waals surface area (Å²) in [6, 6.07) is 26.4. The van der Waals surface area contributed by atoms with Crippen LogP contribution in [-0.4, -0.2) is 58.9 Å². The van der Waals surface area contributed by atoms with Gasteiger partial charge in [-0.3, -0.25) is 9.59 Å². The van der Waals surface area contributed by atoms with E-state index in [1.54, 1.807) is 76.2 Å². The van der Waals surface area contributed by atoms with Gasteiger partial charge in [-0.25, -0.2) is 9.18 Å². The van der Waals surface area contributed by atoms with E-state index < -0.39 is 17.2 Å². The van der Waals surface area contributed by atoms with Crippen LogP contribution >= 0.6 is 23.2 Å². The zero-order valence-corrected chi connectivity index (χ0v) is 30.8. The Morgan fingerprint density at radius 3 is 1.82 bits per heavy atom. The number of halogens is 3. The summed E-state index contributed by atoms with van der Waals surface area (Å²) in [6.07, 6.45) is 2.33. The molecule has 0 amide bonds. The van der Waals surface area contributed by atoms with Gasteiger partial charge in [0.15, 0.2) is 17.2 Å². The fraction of sp³-hybridized carbons (Fsp3) is 0.341. The van der Waals surface area contributed by atoms with Gasteiger partial charge in [-0.1, -0.05) is 35.3 Å². The number of hydrogen-bond acceptors (Lipinski definition) is 7. The molecule has 0 spiro atoms. The van der Waals surface area contributed by atoms with Crippen molar-refractivity contribution < 1.29 is 33.4 Å². The van der Waals surface area contributed by atoms with Crippen LogP contribution in [0.4, 0.5) is 4.39 Å². The summed E-state index contributed by atoms with van der Waals surface area (Å²) in [5.41, 5.74) is 0.628. The minimum Gasteiger partial charge on any atom is -0.476 e. The number of Topliss-reactive ketones (excluding diaryl/α,β-unsaturated/α-hetero) is 1.